The van der Waals surface area contributed by atoms with Crippen molar-refractivity contribution < 1.29 is 4.79 Å². The third-order valence-corrected chi connectivity index (χ3v) is 5.31. The number of H-pyrrole nitrogens is 1. The van der Waals surface area contributed by atoms with Gasteiger partial charge in [-0.2, -0.15) is 0 Å². The smallest absolute Gasteiger partial charge is 0.264 e. The lowest BCUT2D eigenvalue weighted by atomic mass is 9.98. The largest absolute Gasteiger partial charge is 0.326 e. The molecule has 138 valence electrons. The van der Waals surface area contributed by atoms with E-state index in [1.165, 1.54) is 18.9 Å². The Labute approximate surface area is 155 Å². The van der Waals surface area contributed by atoms with E-state index in [1.54, 1.807) is 10.9 Å². The van der Waals surface area contributed by atoms with Gasteiger partial charge in [-0.1, -0.05) is 0 Å². The maximum atomic E-state index is 12.7. The molecule has 2 aliphatic rings. The number of anilines is 1. The lowest BCUT2D eigenvalue weighted by molar-refractivity contribution is -0.120. The average molecular weight is 364 g/mol. The van der Waals surface area contributed by atoms with Gasteiger partial charge in [-0.15, -0.1) is 10.2 Å². The number of rotatable bonds is 4. The quantitative estimate of drug-likeness (QED) is 0.738. The molecule has 2 aromatic heterocycles. The van der Waals surface area contributed by atoms with Crippen LogP contribution in [0.3, 0.4) is 0 Å². The van der Waals surface area contributed by atoms with Gasteiger partial charge in [0, 0.05) is 36.8 Å². The molecular formula is C19H20N6O2. The van der Waals surface area contributed by atoms with E-state index in [1.807, 2.05) is 24.3 Å². The van der Waals surface area contributed by atoms with E-state index in [0.717, 1.165) is 35.9 Å². The fourth-order valence-corrected chi connectivity index (χ4v) is 3.64. The van der Waals surface area contributed by atoms with Crippen molar-refractivity contribution in [3.63, 3.8) is 0 Å². The van der Waals surface area contributed by atoms with Crippen LogP contribution in [0.4, 0.5) is 5.69 Å². The van der Waals surface area contributed by atoms with Gasteiger partial charge in [0.1, 0.15) is 11.6 Å². The molecule has 1 atom stereocenters. The minimum atomic E-state index is -0.149. The van der Waals surface area contributed by atoms with Gasteiger partial charge in [0.2, 0.25) is 5.91 Å². The molecule has 2 N–H and O–H groups in total. The Hall–Kier alpha value is -3.16. The Morgan fingerprint density at radius 1 is 1.11 bits per heavy atom. The summed E-state index contributed by atoms with van der Waals surface area (Å²) in [5.41, 5.74) is 1.43. The first-order chi connectivity index (χ1) is 13.2. The van der Waals surface area contributed by atoms with Gasteiger partial charge in [-0.05, 0) is 43.5 Å². The Balaban J connectivity index is 1.28. The molecule has 0 spiro atoms. The van der Waals surface area contributed by atoms with Crippen LogP contribution in [0, 0.1) is 5.92 Å². The molecule has 5 rings (SSSR count). The summed E-state index contributed by atoms with van der Waals surface area (Å²) in [7, 11) is 0. The van der Waals surface area contributed by atoms with Crippen LogP contribution in [0.25, 0.3) is 5.69 Å². The molecule has 0 radical (unpaired) electrons. The van der Waals surface area contributed by atoms with E-state index in [0.29, 0.717) is 12.5 Å². The van der Waals surface area contributed by atoms with E-state index in [2.05, 4.69) is 25.2 Å². The Morgan fingerprint density at radius 2 is 1.93 bits per heavy atom. The predicted molar refractivity (Wildman–Crippen MR) is 98.8 cm³/mol. The number of aryl methyl sites for hydroxylation is 1. The number of amides is 1. The van der Waals surface area contributed by atoms with Gasteiger partial charge in [-0.25, -0.2) is 0 Å². The number of hydrogen-bond donors (Lipinski definition) is 2. The highest BCUT2D eigenvalue weighted by molar-refractivity contribution is 5.92. The van der Waals surface area contributed by atoms with Crippen LogP contribution < -0.4 is 10.9 Å². The van der Waals surface area contributed by atoms with E-state index >= 15 is 0 Å². The molecule has 27 heavy (non-hydrogen) atoms. The molecule has 8 nitrogen and oxygen atoms in total. The third-order valence-electron chi connectivity index (χ3n) is 5.31. The summed E-state index contributed by atoms with van der Waals surface area (Å²) < 4.78 is 3.79. The molecule has 3 heterocycles. The predicted octanol–water partition coefficient (Wildman–Crippen LogP) is 1.84. The Morgan fingerprint density at radius 3 is 2.63 bits per heavy atom. The number of fused-ring (bicyclic) bond motifs is 1. The number of carbonyl (C=O) groups is 1. The summed E-state index contributed by atoms with van der Waals surface area (Å²) in [5, 5.41) is 14.3. The SMILES string of the molecule is O=C(Nc1ccc(-n2ccc(=O)[nH]2)cc1)C1CCc2nnc(C3CC3)n2C1. The van der Waals surface area contributed by atoms with Crippen LogP contribution in [-0.4, -0.2) is 30.5 Å². The van der Waals surface area contributed by atoms with Crippen molar-refractivity contribution in [1.82, 2.24) is 24.5 Å². The minimum absolute atomic E-state index is 0.0261. The first-order valence-electron chi connectivity index (χ1n) is 9.28. The second-order valence-electron chi connectivity index (χ2n) is 7.29. The number of nitrogens with one attached hydrogen (secondary N) is 2. The highest BCUT2D eigenvalue weighted by Gasteiger charge is 2.34. The molecule has 1 aromatic carbocycles. The maximum Gasteiger partial charge on any atom is 0.264 e. The fourth-order valence-electron chi connectivity index (χ4n) is 3.64. The highest BCUT2D eigenvalue weighted by atomic mass is 16.2. The molecular weight excluding hydrogens is 344 g/mol. The summed E-state index contributed by atoms with van der Waals surface area (Å²) >= 11 is 0. The number of nitrogens with zero attached hydrogens (tertiary/aromatic N) is 4. The summed E-state index contributed by atoms with van der Waals surface area (Å²) in [6.07, 6.45) is 5.60. The molecule has 1 amide bonds. The van der Waals surface area contributed by atoms with Gasteiger partial charge in [-0.3, -0.25) is 19.4 Å². The van der Waals surface area contributed by atoms with Crippen LogP contribution in [-0.2, 0) is 17.8 Å². The monoisotopic (exact) mass is 364 g/mol. The van der Waals surface area contributed by atoms with Crippen molar-refractivity contribution in [2.75, 3.05) is 5.32 Å². The van der Waals surface area contributed by atoms with Gasteiger partial charge < -0.3 is 9.88 Å². The zero-order valence-corrected chi connectivity index (χ0v) is 14.8. The number of carbonyl (C=O) groups excluding carboxylic acids is 1. The fraction of sp³-hybridized carbons (Fsp3) is 0.368. The molecule has 1 aliphatic heterocycles. The van der Waals surface area contributed by atoms with Crippen LogP contribution in [0.5, 0.6) is 0 Å². The van der Waals surface area contributed by atoms with Crippen LogP contribution in [0.15, 0.2) is 41.3 Å². The van der Waals surface area contributed by atoms with E-state index in [4.69, 9.17) is 0 Å². The lowest BCUT2D eigenvalue weighted by Crippen LogP contribution is -2.31. The van der Waals surface area contributed by atoms with Crippen LogP contribution >= 0.6 is 0 Å². The van der Waals surface area contributed by atoms with Crippen molar-refractivity contribution in [3.05, 3.63) is 58.5 Å². The van der Waals surface area contributed by atoms with Gasteiger partial charge in [0.25, 0.3) is 5.56 Å². The summed E-state index contributed by atoms with van der Waals surface area (Å²) in [6, 6.07) is 8.86. The molecule has 1 fully saturated rings. The molecule has 8 heteroatoms. The molecule has 0 bridgehead atoms. The number of benzene rings is 1. The summed E-state index contributed by atoms with van der Waals surface area (Å²) in [6.45, 7) is 0.655. The number of hydrogen-bond acceptors (Lipinski definition) is 4. The van der Waals surface area contributed by atoms with E-state index in [9.17, 15) is 9.59 Å². The Bertz CT molecular complexity index is 1040. The molecule has 1 saturated carbocycles. The molecule has 1 aliphatic carbocycles. The van der Waals surface area contributed by atoms with Crippen molar-refractivity contribution in [2.45, 2.75) is 38.1 Å². The van der Waals surface area contributed by atoms with Gasteiger partial charge in [0.05, 0.1) is 11.6 Å². The second kappa shape index (κ2) is 6.22. The van der Waals surface area contributed by atoms with Crippen molar-refractivity contribution in [2.24, 2.45) is 5.92 Å². The van der Waals surface area contributed by atoms with Crippen molar-refractivity contribution >= 4 is 11.6 Å². The normalized spacial score (nSPS) is 18.9. The highest BCUT2D eigenvalue weighted by Crippen LogP contribution is 2.40. The zero-order chi connectivity index (χ0) is 18.4. The zero-order valence-electron chi connectivity index (χ0n) is 14.8. The van der Waals surface area contributed by atoms with E-state index in [-0.39, 0.29) is 17.4 Å². The van der Waals surface area contributed by atoms with Gasteiger partial charge >= 0.3 is 0 Å². The first kappa shape index (κ1) is 16.0. The van der Waals surface area contributed by atoms with Crippen LogP contribution in [0.1, 0.15) is 36.8 Å². The van der Waals surface area contributed by atoms with Crippen molar-refractivity contribution in [3.8, 4) is 5.69 Å². The molecule has 3 aromatic rings. The second-order valence-corrected chi connectivity index (χ2v) is 7.29. The first-order valence-corrected chi connectivity index (χ1v) is 9.28. The Kier molecular flexibility index (Phi) is 3.70. The lowest BCUT2D eigenvalue weighted by Gasteiger charge is -2.23. The van der Waals surface area contributed by atoms with Gasteiger partial charge in [0.15, 0.2) is 0 Å². The summed E-state index contributed by atoms with van der Waals surface area (Å²) in [5.74, 6) is 2.53. The molecule has 0 saturated heterocycles. The van der Waals surface area contributed by atoms with E-state index < -0.39 is 0 Å². The number of aromatic nitrogens is 5. The third kappa shape index (κ3) is 3.07. The van der Waals surface area contributed by atoms with Crippen molar-refractivity contribution in [1.29, 1.82) is 0 Å². The standard InChI is InChI=1S/C19H20N6O2/c26-17-9-10-25(23-17)15-6-4-14(5-7-15)20-19(27)13-3-8-16-21-22-18(12-1-2-12)24(16)11-13/h4-7,9-10,12-13H,1-3,8,11H2,(H,20,27)(H,23,26). The molecule has 1 unspecified atom stereocenters. The average Bonchev–Trinajstić information content (AvgIpc) is 3.29. The maximum absolute atomic E-state index is 12.7. The summed E-state index contributed by atoms with van der Waals surface area (Å²) in [4.78, 5) is 24.0. The topological polar surface area (TPSA) is 97.6 Å². The minimum Gasteiger partial charge on any atom is -0.326 e. The van der Waals surface area contributed by atoms with Crippen LogP contribution in [0.2, 0.25) is 0 Å². The number of aromatic amines is 1.